The average Bonchev–Trinajstić information content (AvgIpc) is 3.18. The number of anilines is 1. The zero-order chi connectivity index (χ0) is 22.0. The third-order valence-corrected chi connectivity index (χ3v) is 6.66. The summed E-state index contributed by atoms with van der Waals surface area (Å²) in [4.78, 5) is 18.6. The van der Waals surface area contributed by atoms with E-state index >= 15 is 0 Å². The van der Waals surface area contributed by atoms with Gasteiger partial charge in [-0.25, -0.2) is 12.8 Å². The molecule has 0 spiro atoms. The number of aromatic nitrogens is 3. The monoisotopic (exact) mass is 449 g/mol. The maximum absolute atomic E-state index is 13.6. The molecule has 31 heavy (non-hydrogen) atoms. The molecule has 0 bridgehead atoms. The van der Waals surface area contributed by atoms with Gasteiger partial charge < -0.3 is 14.9 Å². The summed E-state index contributed by atoms with van der Waals surface area (Å²) in [6.45, 7) is 2.40. The first-order chi connectivity index (χ1) is 14.8. The molecule has 1 aliphatic heterocycles. The minimum Gasteiger partial charge on any atom is -0.385 e. The molecule has 1 saturated heterocycles. The number of nitrogens with one attached hydrogen (secondary N) is 1. The lowest BCUT2D eigenvalue weighted by Gasteiger charge is -2.26. The van der Waals surface area contributed by atoms with Crippen LogP contribution in [0.2, 0.25) is 0 Å². The first-order valence-corrected chi connectivity index (χ1v) is 10.9. The Morgan fingerprint density at radius 2 is 2.00 bits per heavy atom. The Labute approximate surface area is 177 Å². The fraction of sp³-hybridized carbons (Fsp3) is 0.316. The van der Waals surface area contributed by atoms with Crippen molar-refractivity contribution in [1.29, 1.82) is 0 Å². The molecular weight excluding hydrogens is 429 g/mol. The molecule has 1 fully saturated rings. The molecule has 1 amide bonds. The molecule has 0 saturated carbocycles. The van der Waals surface area contributed by atoms with Crippen molar-refractivity contribution in [2.24, 2.45) is 0 Å². The van der Waals surface area contributed by atoms with Crippen molar-refractivity contribution in [1.82, 2.24) is 19.5 Å². The van der Waals surface area contributed by atoms with Crippen molar-refractivity contribution >= 4 is 32.7 Å². The van der Waals surface area contributed by atoms with Crippen LogP contribution in [0.5, 0.6) is 0 Å². The molecule has 2 heterocycles. The summed E-state index contributed by atoms with van der Waals surface area (Å²) in [6, 6.07) is 8.70. The van der Waals surface area contributed by atoms with Gasteiger partial charge in [-0.1, -0.05) is 10.9 Å². The molecule has 2 aromatic carbocycles. The van der Waals surface area contributed by atoms with Gasteiger partial charge >= 0.3 is 0 Å². The van der Waals surface area contributed by atoms with E-state index < -0.39 is 28.4 Å². The topological polar surface area (TPSA) is 116 Å². The van der Waals surface area contributed by atoms with Gasteiger partial charge in [-0.3, -0.25) is 4.79 Å². The van der Waals surface area contributed by atoms with E-state index in [4.69, 9.17) is 9.57 Å². The normalized spacial score (nSPS) is 15.2. The van der Waals surface area contributed by atoms with Crippen LogP contribution < -0.4 is 10.2 Å². The second kappa shape index (κ2) is 8.57. The van der Waals surface area contributed by atoms with Crippen LogP contribution >= 0.6 is 0 Å². The molecule has 1 aliphatic rings. The molecule has 10 nitrogen and oxygen atoms in total. The number of hydrogen-bond donors (Lipinski definition) is 1. The number of ether oxygens (including phenoxy) is 1. The van der Waals surface area contributed by atoms with Gasteiger partial charge in [0.1, 0.15) is 16.9 Å². The number of aryl methyl sites for hydroxylation is 1. The highest BCUT2D eigenvalue weighted by molar-refractivity contribution is 7.89. The molecule has 164 valence electrons. The number of benzene rings is 2. The maximum atomic E-state index is 13.6. The predicted octanol–water partition coefficient (Wildman–Crippen LogP) is 0.967. The minimum atomic E-state index is -3.71. The van der Waals surface area contributed by atoms with Crippen LogP contribution in [0.25, 0.3) is 11.0 Å². The van der Waals surface area contributed by atoms with E-state index in [9.17, 15) is 17.6 Å². The third-order valence-electron chi connectivity index (χ3n) is 4.77. The zero-order valence-corrected chi connectivity index (χ0v) is 17.4. The smallest absolute Gasteiger partial charge is 0.265 e. The first kappa shape index (κ1) is 21.2. The van der Waals surface area contributed by atoms with Crippen LogP contribution in [-0.4, -0.2) is 66.7 Å². The fourth-order valence-corrected chi connectivity index (χ4v) is 4.49. The van der Waals surface area contributed by atoms with E-state index in [1.807, 2.05) is 0 Å². The number of morpholine rings is 1. The second-order valence-electron chi connectivity index (χ2n) is 6.91. The number of halogens is 1. The Hall–Kier alpha value is -3.09. The zero-order valence-electron chi connectivity index (χ0n) is 16.6. The molecule has 4 rings (SSSR count). The first-order valence-electron chi connectivity index (χ1n) is 9.47. The van der Waals surface area contributed by atoms with Gasteiger partial charge in [0.25, 0.3) is 5.91 Å². The summed E-state index contributed by atoms with van der Waals surface area (Å²) < 4.78 is 45.9. The molecule has 0 aliphatic carbocycles. The summed E-state index contributed by atoms with van der Waals surface area (Å²) in [5, 5.41) is 10.2. The van der Waals surface area contributed by atoms with Gasteiger partial charge in [-0.05, 0) is 48.0 Å². The van der Waals surface area contributed by atoms with Crippen molar-refractivity contribution in [2.75, 3.05) is 38.2 Å². The molecule has 1 N–H and O–H groups in total. The number of amides is 1. The lowest BCUT2D eigenvalue weighted by molar-refractivity contribution is -0.121. The van der Waals surface area contributed by atoms with Gasteiger partial charge in [0, 0.05) is 18.8 Å². The van der Waals surface area contributed by atoms with Crippen LogP contribution in [0.4, 0.5) is 10.1 Å². The SMILES string of the molecule is Cc1ccc(NC(=O)COn2nnc3ccc(S(=O)(=O)N4CCOCC4)cc32)cc1F. The minimum absolute atomic E-state index is 0.0635. The molecular formula is C19H20FN5O5S. The number of sulfonamides is 1. The Morgan fingerprint density at radius 3 is 2.74 bits per heavy atom. The Morgan fingerprint density at radius 1 is 1.23 bits per heavy atom. The van der Waals surface area contributed by atoms with E-state index in [0.717, 1.165) is 4.85 Å². The van der Waals surface area contributed by atoms with Gasteiger partial charge in [-0.15, -0.1) is 5.10 Å². The summed E-state index contributed by atoms with van der Waals surface area (Å²) in [5.41, 5.74) is 1.45. The summed E-state index contributed by atoms with van der Waals surface area (Å²) in [7, 11) is -3.71. The van der Waals surface area contributed by atoms with Gasteiger partial charge in [0.2, 0.25) is 10.0 Å². The summed E-state index contributed by atoms with van der Waals surface area (Å²) >= 11 is 0. The fourth-order valence-electron chi connectivity index (χ4n) is 3.06. The number of carbonyl (C=O) groups excluding carboxylic acids is 1. The highest BCUT2D eigenvalue weighted by atomic mass is 32.2. The third kappa shape index (κ3) is 4.50. The standard InChI is InChI=1S/C19H20FN5O5S/c1-13-2-3-14(10-16(13)20)21-19(26)12-30-25-18-11-15(4-5-17(18)22-23-25)31(27,28)24-6-8-29-9-7-24/h2-5,10-11H,6-9,12H2,1H3,(H,21,26). The number of fused-ring (bicyclic) bond motifs is 1. The van der Waals surface area contributed by atoms with Crippen molar-refractivity contribution in [3.63, 3.8) is 0 Å². The van der Waals surface area contributed by atoms with Crippen LogP contribution in [0, 0.1) is 12.7 Å². The van der Waals surface area contributed by atoms with Gasteiger partial charge in [0.05, 0.1) is 18.1 Å². The molecule has 12 heteroatoms. The summed E-state index contributed by atoms with van der Waals surface area (Å²) in [6.07, 6.45) is 0. The Kier molecular flexibility index (Phi) is 5.85. The van der Waals surface area contributed by atoms with Crippen molar-refractivity contribution in [3.05, 3.63) is 47.8 Å². The number of carbonyl (C=O) groups is 1. The van der Waals surface area contributed by atoms with Crippen molar-refractivity contribution in [3.8, 4) is 0 Å². The molecule has 3 aromatic rings. The Bertz CT molecular complexity index is 1220. The average molecular weight is 449 g/mol. The van der Waals surface area contributed by atoms with E-state index in [-0.39, 0.29) is 18.0 Å². The molecule has 0 unspecified atom stereocenters. The van der Waals surface area contributed by atoms with Crippen LogP contribution in [-0.2, 0) is 19.6 Å². The number of rotatable bonds is 6. The van der Waals surface area contributed by atoms with Gasteiger partial charge in [-0.2, -0.15) is 4.31 Å². The number of nitrogens with zero attached hydrogens (tertiary/aromatic N) is 4. The van der Waals surface area contributed by atoms with Gasteiger partial charge in [0.15, 0.2) is 6.61 Å². The van der Waals surface area contributed by atoms with Crippen LogP contribution in [0.15, 0.2) is 41.3 Å². The largest absolute Gasteiger partial charge is 0.385 e. The van der Waals surface area contributed by atoms with E-state index in [2.05, 4.69) is 15.6 Å². The highest BCUT2D eigenvalue weighted by Crippen LogP contribution is 2.21. The van der Waals surface area contributed by atoms with E-state index in [1.165, 1.54) is 28.6 Å². The molecule has 0 radical (unpaired) electrons. The predicted molar refractivity (Wildman–Crippen MR) is 108 cm³/mol. The van der Waals surface area contributed by atoms with Crippen LogP contribution in [0.3, 0.4) is 0 Å². The second-order valence-corrected chi connectivity index (χ2v) is 8.85. The molecule has 0 atom stereocenters. The maximum Gasteiger partial charge on any atom is 0.265 e. The quantitative estimate of drug-likeness (QED) is 0.596. The Balaban J connectivity index is 1.48. The van der Waals surface area contributed by atoms with E-state index in [1.54, 1.807) is 19.1 Å². The lowest BCUT2D eigenvalue weighted by Crippen LogP contribution is -2.40. The summed E-state index contributed by atoms with van der Waals surface area (Å²) in [5.74, 6) is -0.973. The highest BCUT2D eigenvalue weighted by Gasteiger charge is 2.27. The van der Waals surface area contributed by atoms with Crippen molar-refractivity contribution in [2.45, 2.75) is 11.8 Å². The molecule has 1 aromatic heterocycles. The van der Waals surface area contributed by atoms with Crippen molar-refractivity contribution < 1.29 is 27.2 Å². The van der Waals surface area contributed by atoms with Crippen LogP contribution in [0.1, 0.15) is 5.56 Å². The number of hydrogen-bond acceptors (Lipinski definition) is 7. The van der Waals surface area contributed by atoms with E-state index in [0.29, 0.717) is 35.5 Å². The lowest BCUT2D eigenvalue weighted by atomic mass is 10.2.